The number of rotatable bonds is 4. The number of benzene rings is 1. The van der Waals surface area contributed by atoms with E-state index >= 15 is 0 Å². The summed E-state index contributed by atoms with van der Waals surface area (Å²) < 4.78 is 27.3. The van der Waals surface area contributed by atoms with Gasteiger partial charge in [-0.2, -0.15) is 4.31 Å². The van der Waals surface area contributed by atoms with Gasteiger partial charge in [-0.25, -0.2) is 8.42 Å². The summed E-state index contributed by atoms with van der Waals surface area (Å²) in [6.45, 7) is 6.48. The van der Waals surface area contributed by atoms with Crippen LogP contribution < -0.4 is 0 Å². The SMILES string of the molecule is Cc1cccc(S(=O)(=O)N(C)C2C=CC(N3CCC(C)CC3)C2)c1. The number of aryl methyl sites for hydroxylation is 1. The summed E-state index contributed by atoms with van der Waals surface area (Å²) in [6.07, 6.45) is 7.60. The Balaban J connectivity index is 1.68. The van der Waals surface area contributed by atoms with E-state index in [9.17, 15) is 8.42 Å². The number of sulfonamides is 1. The Morgan fingerprint density at radius 1 is 1.17 bits per heavy atom. The van der Waals surface area contributed by atoms with Crippen LogP contribution in [-0.4, -0.2) is 49.8 Å². The fourth-order valence-corrected chi connectivity index (χ4v) is 5.11. The first-order valence-electron chi connectivity index (χ1n) is 8.85. The number of likely N-dealkylation sites (N-methyl/N-ethyl adjacent to an activating group) is 1. The van der Waals surface area contributed by atoms with Gasteiger partial charge in [0.25, 0.3) is 0 Å². The molecule has 4 nitrogen and oxygen atoms in total. The molecule has 1 saturated heterocycles. The fraction of sp³-hybridized carbons (Fsp3) is 0.579. The molecule has 5 heteroatoms. The molecule has 0 aromatic heterocycles. The van der Waals surface area contributed by atoms with Gasteiger partial charge in [-0.3, -0.25) is 4.90 Å². The summed E-state index contributed by atoms with van der Waals surface area (Å²) in [5.74, 6) is 0.812. The van der Waals surface area contributed by atoms with Crippen LogP contribution in [0.1, 0.15) is 31.7 Å². The molecule has 0 saturated carbocycles. The predicted octanol–water partition coefficient (Wildman–Crippen LogP) is 3.04. The van der Waals surface area contributed by atoms with E-state index in [0.29, 0.717) is 10.9 Å². The number of hydrogen-bond acceptors (Lipinski definition) is 3. The standard InChI is InChI=1S/C19H28N2O2S/c1-15-9-11-21(12-10-15)18-8-7-17(14-18)20(3)24(22,23)19-6-4-5-16(2)13-19/h4-8,13,15,17-18H,9-12,14H2,1-3H3. The predicted molar refractivity (Wildman–Crippen MR) is 97.4 cm³/mol. The van der Waals surface area contributed by atoms with Crippen LogP contribution in [0.2, 0.25) is 0 Å². The van der Waals surface area contributed by atoms with Gasteiger partial charge in [-0.15, -0.1) is 0 Å². The second-order valence-corrected chi connectivity index (χ2v) is 9.31. The third kappa shape index (κ3) is 3.58. The van der Waals surface area contributed by atoms with Gasteiger partial charge in [-0.1, -0.05) is 31.2 Å². The van der Waals surface area contributed by atoms with Crippen molar-refractivity contribution in [1.82, 2.24) is 9.21 Å². The highest BCUT2D eigenvalue weighted by molar-refractivity contribution is 7.89. The molecule has 0 radical (unpaired) electrons. The lowest BCUT2D eigenvalue weighted by atomic mass is 9.97. The molecule has 1 aliphatic carbocycles. The molecule has 0 N–H and O–H groups in total. The average molecular weight is 349 g/mol. The molecule has 1 aromatic rings. The highest BCUT2D eigenvalue weighted by Gasteiger charge is 2.33. The maximum absolute atomic E-state index is 12.9. The minimum atomic E-state index is -3.44. The molecule has 1 heterocycles. The number of nitrogens with zero attached hydrogens (tertiary/aromatic N) is 2. The van der Waals surface area contributed by atoms with Crippen molar-refractivity contribution < 1.29 is 8.42 Å². The zero-order valence-corrected chi connectivity index (χ0v) is 15.7. The molecule has 0 spiro atoms. The highest BCUT2D eigenvalue weighted by atomic mass is 32.2. The van der Waals surface area contributed by atoms with Gasteiger partial charge in [-0.05, 0) is 62.9 Å². The fourth-order valence-electron chi connectivity index (χ4n) is 3.68. The zero-order valence-electron chi connectivity index (χ0n) is 14.9. The van der Waals surface area contributed by atoms with Crippen LogP contribution >= 0.6 is 0 Å². The monoisotopic (exact) mass is 348 g/mol. The van der Waals surface area contributed by atoms with Crippen molar-refractivity contribution in [2.45, 2.75) is 50.1 Å². The van der Waals surface area contributed by atoms with Gasteiger partial charge in [0.05, 0.1) is 4.90 Å². The van der Waals surface area contributed by atoms with Crippen molar-refractivity contribution in [3.8, 4) is 0 Å². The van der Waals surface area contributed by atoms with Crippen LogP contribution in [0.5, 0.6) is 0 Å². The molecule has 0 bridgehead atoms. The second kappa shape index (κ2) is 6.98. The summed E-state index contributed by atoms with van der Waals surface area (Å²) in [5.41, 5.74) is 0.965. The summed E-state index contributed by atoms with van der Waals surface area (Å²) in [5, 5.41) is 0. The second-order valence-electron chi connectivity index (χ2n) is 7.31. The van der Waals surface area contributed by atoms with Crippen LogP contribution in [0.4, 0.5) is 0 Å². The molecule has 1 fully saturated rings. The molecule has 2 unspecified atom stereocenters. The molecule has 0 amide bonds. The van der Waals surface area contributed by atoms with Crippen molar-refractivity contribution in [3.05, 3.63) is 42.0 Å². The van der Waals surface area contributed by atoms with Crippen LogP contribution in [0.15, 0.2) is 41.3 Å². The molecule has 132 valence electrons. The summed E-state index contributed by atoms with van der Waals surface area (Å²) in [6, 6.07) is 7.47. The minimum absolute atomic E-state index is 0.0557. The molecule has 1 aliphatic heterocycles. The molecule has 3 rings (SSSR count). The molecule has 24 heavy (non-hydrogen) atoms. The van der Waals surface area contributed by atoms with Gasteiger partial charge in [0.2, 0.25) is 10.0 Å². The van der Waals surface area contributed by atoms with E-state index in [1.807, 2.05) is 13.0 Å². The van der Waals surface area contributed by atoms with E-state index in [1.165, 1.54) is 17.1 Å². The Bertz CT molecular complexity index is 706. The third-order valence-electron chi connectivity index (χ3n) is 5.46. The van der Waals surface area contributed by atoms with Gasteiger partial charge in [0.1, 0.15) is 0 Å². The molecule has 2 atom stereocenters. The first kappa shape index (κ1) is 17.6. The van der Waals surface area contributed by atoms with Gasteiger partial charge in [0.15, 0.2) is 0 Å². The molecular formula is C19H28N2O2S. The van der Waals surface area contributed by atoms with E-state index in [0.717, 1.165) is 31.0 Å². The van der Waals surface area contributed by atoms with Crippen LogP contribution in [0.25, 0.3) is 0 Å². The van der Waals surface area contributed by atoms with Crippen LogP contribution in [-0.2, 0) is 10.0 Å². The molecule has 1 aromatic carbocycles. The van der Waals surface area contributed by atoms with Gasteiger partial charge in [0, 0.05) is 19.1 Å². The molecule has 2 aliphatic rings. The maximum Gasteiger partial charge on any atom is 0.243 e. The van der Waals surface area contributed by atoms with Crippen molar-refractivity contribution in [2.75, 3.05) is 20.1 Å². The zero-order chi connectivity index (χ0) is 17.3. The smallest absolute Gasteiger partial charge is 0.243 e. The lowest BCUT2D eigenvalue weighted by Gasteiger charge is -2.35. The Morgan fingerprint density at radius 3 is 2.54 bits per heavy atom. The highest BCUT2D eigenvalue weighted by Crippen LogP contribution is 2.28. The van der Waals surface area contributed by atoms with Crippen molar-refractivity contribution in [3.63, 3.8) is 0 Å². The average Bonchev–Trinajstić information content (AvgIpc) is 3.04. The lowest BCUT2D eigenvalue weighted by molar-refractivity contribution is 0.153. The Kier molecular flexibility index (Phi) is 5.13. The summed E-state index contributed by atoms with van der Waals surface area (Å²) in [4.78, 5) is 2.89. The quantitative estimate of drug-likeness (QED) is 0.785. The van der Waals surface area contributed by atoms with Crippen molar-refractivity contribution in [1.29, 1.82) is 0 Å². The first-order valence-corrected chi connectivity index (χ1v) is 10.3. The lowest BCUT2D eigenvalue weighted by Crippen LogP contribution is -2.42. The normalized spacial score (nSPS) is 26.3. The maximum atomic E-state index is 12.9. The number of likely N-dealkylation sites (tertiary alicyclic amines) is 1. The van der Waals surface area contributed by atoms with Gasteiger partial charge < -0.3 is 0 Å². The topological polar surface area (TPSA) is 40.6 Å². The van der Waals surface area contributed by atoms with E-state index in [2.05, 4.69) is 24.0 Å². The third-order valence-corrected chi connectivity index (χ3v) is 7.34. The van der Waals surface area contributed by atoms with E-state index in [4.69, 9.17) is 0 Å². The summed E-state index contributed by atoms with van der Waals surface area (Å²) >= 11 is 0. The van der Waals surface area contributed by atoms with Crippen molar-refractivity contribution in [2.24, 2.45) is 5.92 Å². The Labute approximate surface area is 146 Å². The van der Waals surface area contributed by atoms with E-state index in [1.54, 1.807) is 25.2 Å². The Morgan fingerprint density at radius 2 is 1.88 bits per heavy atom. The van der Waals surface area contributed by atoms with Crippen molar-refractivity contribution >= 4 is 10.0 Å². The minimum Gasteiger partial charge on any atom is -0.297 e. The van der Waals surface area contributed by atoms with E-state index in [-0.39, 0.29) is 6.04 Å². The summed E-state index contributed by atoms with van der Waals surface area (Å²) in [7, 11) is -1.74. The van der Waals surface area contributed by atoms with E-state index < -0.39 is 10.0 Å². The largest absolute Gasteiger partial charge is 0.297 e. The van der Waals surface area contributed by atoms with Crippen LogP contribution in [0.3, 0.4) is 0 Å². The first-order chi connectivity index (χ1) is 11.4. The van der Waals surface area contributed by atoms with Crippen LogP contribution in [0, 0.1) is 12.8 Å². The van der Waals surface area contributed by atoms with Gasteiger partial charge >= 0.3 is 0 Å². The number of piperidine rings is 1. The Hall–Kier alpha value is -1.17. The number of hydrogen-bond donors (Lipinski definition) is 0. The molecular weight excluding hydrogens is 320 g/mol.